The molecule has 0 N–H and O–H groups in total. The van der Waals surface area contributed by atoms with E-state index in [-0.39, 0.29) is 0 Å². The average Bonchev–Trinajstić information content (AvgIpc) is 2.66. The van der Waals surface area contributed by atoms with Gasteiger partial charge in [-0.15, -0.1) is 6.58 Å². The minimum Gasteiger partial charge on any atom is -0.368 e. The molecule has 3 unspecified atom stereocenters. The van der Waals surface area contributed by atoms with E-state index >= 15 is 0 Å². The van der Waals surface area contributed by atoms with E-state index in [1.807, 2.05) is 0 Å². The normalized spacial score (nSPS) is 37.6. The molecule has 1 heterocycles. The zero-order valence-corrected chi connectivity index (χ0v) is 10.2. The molecule has 3 aliphatic rings. The highest BCUT2D eigenvalue weighted by atomic mass is 15.2. The zero-order chi connectivity index (χ0) is 11.0. The molecule has 3 atom stereocenters. The molecule has 0 bridgehead atoms. The summed E-state index contributed by atoms with van der Waals surface area (Å²) in [6, 6.07) is 0.848. The topological polar surface area (TPSA) is 3.24 Å². The first-order valence-electron chi connectivity index (χ1n) is 6.99. The van der Waals surface area contributed by atoms with Gasteiger partial charge in [-0.05, 0) is 38.0 Å². The van der Waals surface area contributed by atoms with Crippen LogP contribution in [0.3, 0.4) is 0 Å². The van der Waals surface area contributed by atoms with Crippen LogP contribution >= 0.6 is 0 Å². The van der Waals surface area contributed by atoms with E-state index in [4.69, 9.17) is 0 Å². The maximum atomic E-state index is 3.93. The second kappa shape index (κ2) is 4.27. The minimum absolute atomic E-state index is 0.848. The lowest BCUT2D eigenvalue weighted by atomic mass is 9.76. The van der Waals surface area contributed by atoms with Crippen molar-refractivity contribution in [2.45, 2.75) is 51.0 Å². The summed E-state index contributed by atoms with van der Waals surface area (Å²) in [5.41, 5.74) is 1.68. The van der Waals surface area contributed by atoms with E-state index in [9.17, 15) is 0 Å². The molecule has 1 saturated heterocycles. The first-order valence-corrected chi connectivity index (χ1v) is 6.99. The Morgan fingerprint density at radius 1 is 1.25 bits per heavy atom. The van der Waals surface area contributed by atoms with E-state index in [1.165, 1.54) is 44.9 Å². The number of hydrogen-bond acceptors (Lipinski definition) is 1. The van der Waals surface area contributed by atoms with Gasteiger partial charge in [-0.25, -0.2) is 0 Å². The van der Waals surface area contributed by atoms with Crippen LogP contribution in [-0.4, -0.2) is 17.5 Å². The monoisotopic (exact) mass is 217 g/mol. The van der Waals surface area contributed by atoms with Crippen molar-refractivity contribution in [3.8, 4) is 0 Å². The van der Waals surface area contributed by atoms with E-state index in [0.29, 0.717) is 0 Å². The first-order chi connectivity index (χ1) is 7.92. The smallest absolute Gasteiger partial charge is 0.0357 e. The van der Waals surface area contributed by atoms with E-state index < -0.39 is 0 Å². The number of likely N-dealkylation sites (tertiary alicyclic amines) is 1. The molecule has 1 aliphatic heterocycles. The van der Waals surface area contributed by atoms with Gasteiger partial charge in [0.25, 0.3) is 0 Å². The summed E-state index contributed by atoms with van der Waals surface area (Å²) >= 11 is 0. The van der Waals surface area contributed by atoms with Crippen LogP contribution in [0.5, 0.6) is 0 Å². The molecular formula is C15H23N. The maximum Gasteiger partial charge on any atom is 0.0357 e. The highest BCUT2D eigenvalue weighted by Crippen LogP contribution is 2.49. The lowest BCUT2D eigenvalue weighted by Gasteiger charge is -2.32. The zero-order valence-electron chi connectivity index (χ0n) is 10.2. The molecule has 1 heteroatoms. The highest BCUT2D eigenvalue weighted by Gasteiger charge is 2.45. The van der Waals surface area contributed by atoms with Crippen LogP contribution in [0.4, 0.5) is 0 Å². The van der Waals surface area contributed by atoms with E-state index in [2.05, 4.69) is 23.6 Å². The van der Waals surface area contributed by atoms with Crippen molar-refractivity contribution in [3.05, 3.63) is 24.4 Å². The third-order valence-electron chi connectivity index (χ3n) is 4.81. The first kappa shape index (κ1) is 10.4. The molecule has 1 nitrogen and oxygen atoms in total. The summed E-state index contributed by atoms with van der Waals surface area (Å²) in [4.78, 5) is 2.68. The van der Waals surface area contributed by atoms with E-state index in [0.717, 1.165) is 24.4 Å². The maximum absolute atomic E-state index is 3.93. The Kier molecular flexibility index (Phi) is 2.79. The molecule has 2 aliphatic carbocycles. The van der Waals surface area contributed by atoms with Crippen LogP contribution < -0.4 is 0 Å². The number of rotatable bonds is 2. The largest absolute Gasteiger partial charge is 0.368 e. The Bertz CT molecular complexity index is 305. The molecule has 2 fully saturated rings. The van der Waals surface area contributed by atoms with Gasteiger partial charge in [0.1, 0.15) is 0 Å². The van der Waals surface area contributed by atoms with Gasteiger partial charge in [0.15, 0.2) is 0 Å². The summed E-state index contributed by atoms with van der Waals surface area (Å²) in [5, 5.41) is 0. The molecule has 0 spiro atoms. The van der Waals surface area contributed by atoms with Gasteiger partial charge in [-0.3, -0.25) is 0 Å². The average molecular weight is 217 g/mol. The van der Waals surface area contributed by atoms with Crippen molar-refractivity contribution in [1.82, 2.24) is 4.90 Å². The molecule has 0 aromatic rings. The number of hydrogen-bond donors (Lipinski definition) is 0. The molecule has 0 aromatic heterocycles. The van der Waals surface area contributed by atoms with Gasteiger partial charge in [0, 0.05) is 24.2 Å². The second-order valence-corrected chi connectivity index (χ2v) is 5.62. The van der Waals surface area contributed by atoms with Crippen molar-refractivity contribution in [1.29, 1.82) is 0 Å². The quantitative estimate of drug-likeness (QED) is 0.637. The second-order valence-electron chi connectivity index (χ2n) is 5.62. The van der Waals surface area contributed by atoms with Crippen LogP contribution in [0, 0.1) is 11.8 Å². The number of fused-ring (bicyclic) bond motifs is 3. The van der Waals surface area contributed by atoms with Crippen LogP contribution in [0.15, 0.2) is 24.4 Å². The Labute approximate surface area is 99.2 Å². The Morgan fingerprint density at radius 2 is 2.12 bits per heavy atom. The molecule has 0 amide bonds. The minimum atomic E-state index is 0.848. The molecule has 0 aromatic carbocycles. The van der Waals surface area contributed by atoms with Crippen molar-refractivity contribution < 1.29 is 0 Å². The third-order valence-corrected chi connectivity index (χ3v) is 4.81. The van der Waals surface area contributed by atoms with Gasteiger partial charge in [0.05, 0.1) is 0 Å². The van der Waals surface area contributed by atoms with Crippen LogP contribution in [-0.2, 0) is 0 Å². The molecule has 16 heavy (non-hydrogen) atoms. The van der Waals surface area contributed by atoms with Gasteiger partial charge in [-0.2, -0.15) is 0 Å². The molecule has 88 valence electrons. The molecular weight excluding hydrogens is 194 g/mol. The Morgan fingerprint density at radius 3 is 3.00 bits per heavy atom. The number of nitrogens with zero attached hydrogens (tertiary/aromatic N) is 1. The number of allylic oxidation sites excluding steroid dienone is 2. The predicted molar refractivity (Wildman–Crippen MR) is 68.1 cm³/mol. The summed E-state index contributed by atoms with van der Waals surface area (Å²) in [7, 11) is 0. The highest BCUT2D eigenvalue weighted by molar-refractivity contribution is 5.20. The van der Waals surface area contributed by atoms with Crippen LogP contribution in [0.2, 0.25) is 0 Å². The standard InChI is InChI=1S/C15H23N/c1-2-11-16-14-9-5-3-7-12(14)13-8-4-6-10-15(13)16/h2,9,12-13,15H,1,3-8,10-11H2. The fourth-order valence-corrected chi connectivity index (χ4v) is 4.22. The summed E-state index contributed by atoms with van der Waals surface area (Å²) in [6.07, 6.45) is 14.6. The van der Waals surface area contributed by atoms with Gasteiger partial charge >= 0.3 is 0 Å². The SMILES string of the molecule is C=CCN1C2=CCCCC2C2CCCCC21. The van der Waals surface area contributed by atoms with Crippen molar-refractivity contribution in [2.24, 2.45) is 11.8 Å². The summed E-state index contributed by atoms with van der Waals surface area (Å²) in [6.45, 7) is 5.00. The predicted octanol–water partition coefficient (Wildman–Crippen LogP) is 3.73. The Hall–Kier alpha value is -0.720. The lowest BCUT2D eigenvalue weighted by molar-refractivity contribution is 0.198. The van der Waals surface area contributed by atoms with Crippen molar-refractivity contribution in [3.63, 3.8) is 0 Å². The molecule has 3 rings (SSSR count). The lowest BCUT2D eigenvalue weighted by Crippen LogP contribution is -2.34. The third kappa shape index (κ3) is 1.52. The van der Waals surface area contributed by atoms with Gasteiger partial charge < -0.3 is 4.90 Å². The van der Waals surface area contributed by atoms with Crippen molar-refractivity contribution in [2.75, 3.05) is 6.54 Å². The van der Waals surface area contributed by atoms with Crippen LogP contribution in [0.1, 0.15) is 44.9 Å². The summed E-state index contributed by atoms with van der Waals surface area (Å²) < 4.78 is 0. The molecule has 1 saturated carbocycles. The Balaban J connectivity index is 1.90. The fourth-order valence-electron chi connectivity index (χ4n) is 4.22. The van der Waals surface area contributed by atoms with Gasteiger partial charge in [-0.1, -0.05) is 25.0 Å². The van der Waals surface area contributed by atoms with Crippen molar-refractivity contribution >= 4 is 0 Å². The van der Waals surface area contributed by atoms with Crippen LogP contribution in [0.25, 0.3) is 0 Å². The van der Waals surface area contributed by atoms with E-state index in [1.54, 1.807) is 5.70 Å². The van der Waals surface area contributed by atoms with Gasteiger partial charge in [0.2, 0.25) is 0 Å². The summed E-state index contributed by atoms with van der Waals surface area (Å²) in [5.74, 6) is 1.87. The fraction of sp³-hybridized carbons (Fsp3) is 0.733. The molecule has 0 radical (unpaired) electrons.